The molecule has 2 heterocycles. The summed E-state index contributed by atoms with van der Waals surface area (Å²) in [4.78, 5) is 16.3. The number of hydrogen-bond donors (Lipinski definition) is 1. The summed E-state index contributed by atoms with van der Waals surface area (Å²) in [7, 11) is 0. The van der Waals surface area contributed by atoms with Gasteiger partial charge in [-0.15, -0.1) is 0 Å². The fraction of sp³-hybridized carbons (Fsp3) is 0.400. The van der Waals surface area contributed by atoms with E-state index in [4.69, 9.17) is 9.26 Å². The molecule has 1 atom stereocenters. The minimum atomic E-state index is -0.187. The number of hydrogen-bond acceptors (Lipinski definition) is 5. The van der Waals surface area contributed by atoms with Crippen LogP contribution in [0.4, 0.5) is 0 Å². The summed E-state index contributed by atoms with van der Waals surface area (Å²) >= 11 is 0. The number of para-hydroxylation sites is 1. The summed E-state index contributed by atoms with van der Waals surface area (Å²) < 4.78 is 10.7. The Morgan fingerprint density at radius 3 is 3.10 bits per heavy atom. The second kappa shape index (κ2) is 5.95. The molecular weight excluding hydrogens is 270 g/mol. The Labute approximate surface area is 122 Å². The van der Waals surface area contributed by atoms with Crippen LogP contribution in [0.2, 0.25) is 0 Å². The first-order valence-electron chi connectivity index (χ1n) is 7.06. The second-order valence-corrected chi connectivity index (χ2v) is 5.00. The maximum absolute atomic E-state index is 12.2. The number of carbonyl (C=O) groups excluding carboxylic acids is 1. The minimum absolute atomic E-state index is 0.0549. The summed E-state index contributed by atoms with van der Waals surface area (Å²) in [5.41, 5.74) is 1.06. The Morgan fingerprint density at radius 1 is 1.43 bits per heavy atom. The van der Waals surface area contributed by atoms with E-state index < -0.39 is 0 Å². The Bertz CT molecular complexity index is 639. The van der Waals surface area contributed by atoms with Crippen LogP contribution in [0.15, 0.2) is 28.8 Å². The van der Waals surface area contributed by atoms with Gasteiger partial charge in [0, 0.05) is 6.42 Å². The molecule has 0 fully saturated rings. The third kappa shape index (κ3) is 3.04. The molecule has 0 radical (unpaired) electrons. The van der Waals surface area contributed by atoms with Gasteiger partial charge >= 0.3 is 0 Å². The average molecular weight is 287 g/mol. The van der Waals surface area contributed by atoms with Gasteiger partial charge in [0.05, 0.1) is 12.5 Å². The largest absolute Gasteiger partial charge is 0.492 e. The smallest absolute Gasteiger partial charge is 0.246 e. The van der Waals surface area contributed by atoms with Gasteiger partial charge < -0.3 is 14.6 Å². The van der Waals surface area contributed by atoms with Gasteiger partial charge in [0.25, 0.3) is 0 Å². The van der Waals surface area contributed by atoms with Crippen molar-refractivity contribution in [3.8, 4) is 5.75 Å². The number of ether oxygens (including phenoxy) is 1. The molecule has 0 saturated carbocycles. The van der Waals surface area contributed by atoms with Crippen LogP contribution in [-0.2, 0) is 24.2 Å². The molecule has 1 N–H and O–H groups in total. The van der Waals surface area contributed by atoms with Crippen LogP contribution < -0.4 is 10.1 Å². The van der Waals surface area contributed by atoms with Crippen LogP contribution >= 0.6 is 0 Å². The highest BCUT2D eigenvalue weighted by atomic mass is 16.5. The Kier molecular flexibility index (Phi) is 3.85. The van der Waals surface area contributed by atoms with Gasteiger partial charge in [0.2, 0.25) is 11.8 Å². The summed E-state index contributed by atoms with van der Waals surface area (Å²) in [6.07, 6.45) is 1.40. The van der Waals surface area contributed by atoms with Crippen molar-refractivity contribution in [1.29, 1.82) is 0 Å². The van der Waals surface area contributed by atoms with Crippen molar-refractivity contribution in [1.82, 2.24) is 15.5 Å². The second-order valence-electron chi connectivity index (χ2n) is 5.00. The fourth-order valence-electron chi connectivity index (χ4n) is 2.31. The fourth-order valence-corrected chi connectivity index (χ4v) is 2.31. The van der Waals surface area contributed by atoms with Gasteiger partial charge in [-0.2, -0.15) is 4.98 Å². The van der Waals surface area contributed by atoms with Crippen LogP contribution in [0.1, 0.15) is 24.2 Å². The molecule has 21 heavy (non-hydrogen) atoms. The minimum Gasteiger partial charge on any atom is -0.492 e. The Morgan fingerprint density at radius 2 is 2.29 bits per heavy atom. The molecule has 2 aromatic rings. The van der Waals surface area contributed by atoms with Crippen LogP contribution in [0, 0.1) is 5.92 Å². The van der Waals surface area contributed by atoms with Crippen molar-refractivity contribution < 1.29 is 14.1 Å². The number of aryl methyl sites for hydroxylation is 1. The number of carbonyl (C=O) groups is 1. The number of nitrogens with one attached hydrogen (secondary N) is 1. The molecule has 1 amide bonds. The molecular formula is C15H17N3O3. The molecule has 0 aliphatic carbocycles. The zero-order valence-electron chi connectivity index (χ0n) is 11.8. The van der Waals surface area contributed by atoms with E-state index in [1.165, 1.54) is 0 Å². The first kappa shape index (κ1) is 13.6. The zero-order valence-corrected chi connectivity index (χ0v) is 11.8. The zero-order chi connectivity index (χ0) is 14.7. The SMILES string of the molecule is CCc1noc(CNC(=O)[C@H]2COc3ccccc3C2)n1. The number of amides is 1. The van der Waals surface area contributed by atoms with Crippen LogP contribution in [0.5, 0.6) is 5.75 Å². The van der Waals surface area contributed by atoms with E-state index in [1.54, 1.807) is 0 Å². The summed E-state index contributed by atoms with van der Waals surface area (Å²) in [6.45, 7) is 2.60. The van der Waals surface area contributed by atoms with Crippen molar-refractivity contribution in [2.45, 2.75) is 26.3 Å². The van der Waals surface area contributed by atoms with Crippen molar-refractivity contribution in [3.05, 3.63) is 41.5 Å². The highest BCUT2D eigenvalue weighted by Crippen LogP contribution is 2.26. The van der Waals surface area contributed by atoms with E-state index in [-0.39, 0.29) is 18.4 Å². The molecule has 0 bridgehead atoms. The lowest BCUT2D eigenvalue weighted by Gasteiger charge is -2.24. The summed E-state index contributed by atoms with van der Waals surface area (Å²) in [5.74, 6) is 1.70. The highest BCUT2D eigenvalue weighted by Gasteiger charge is 2.25. The van der Waals surface area contributed by atoms with Crippen molar-refractivity contribution in [2.24, 2.45) is 5.92 Å². The number of fused-ring (bicyclic) bond motifs is 1. The predicted molar refractivity (Wildman–Crippen MR) is 74.7 cm³/mol. The monoisotopic (exact) mass is 287 g/mol. The van der Waals surface area contributed by atoms with Gasteiger partial charge in [-0.3, -0.25) is 4.79 Å². The molecule has 1 aromatic heterocycles. The molecule has 3 rings (SSSR count). The Balaban J connectivity index is 1.57. The van der Waals surface area contributed by atoms with Gasteiger partial charge in [-0.25, -0.2) is 0 Å². The van der Waals surface area contributed by atoms with Gasteiger partial charge in [-0.1, -0.05) is 30.3 Å². The number of aromatic nitrogens is 2. The van der Waals surface area contributed by atoms with Crippen LogP contribution in [0.25, 0.3) is 0 Å². The first-order chi connectivity index (χ1) is 10.3. The molecule has 1 aliphatic rings. The maximum Gasteiger partial charge on any atom is 0.246 e. The van der Waals surface area contributed by atoms with E-state index in [2.05, 4.69) is 15.5 Å². The average Bonchev–Trinajstić information content (AvgIpc) is 3.00. The Hall–Kier alpha value is -2.37. The number of benzene rings is 1. The first-order valence-corrected chi connectivity index (χ1v) is 7.06. The van der Waals surface area contributed by atoms with E-state index in [9.17, 15) is 4.79 Å². The van der Waals surface area contributed by atoms with E-state index in [0.29, 0.717) is 31.2 Å². The molecule has 1 aliphatic heterocycles. The van der Waals surface area contributed by atoms with Crippen LogP contribution in [-0.4, -0.2) is 22.7 Å². The third-order valence-corrected chi connectivity index (χ3v) is 3.49. The van der Waals surface area contributed by atoms with Gasteiger partial charge in [0.15, 0.2) is 5.82 Å². The summed E-state index contributed by atoms with van der Waals surface area (Å²) in [5, 5.41) is 6.61. The lowest BCUT2D eigenvalue weighted by molar-refractivity contribution is -0.126. The normalized spacial score (nSPS) is 16.9. The molecule has 0 saturated heterocycles. The molecule has 1 aromatic carbocycles. The maximum atomic E-state index is 12.2. The van der Waals surface area contributed by atoms with Gasteiger partial charge in [-0.05, 0) is 18.1 Å². The molecule has 0 spiro atoms. The molecule has 6 heteroatoms. The molecule has 110 valence electrons. The van der Waals surface area contributed by atoms with E-state index >= 15 is 0 Å². The topological polar surface area (TPSA) is 77.2 Å². The van der Waals surface area contributed by atoms with Crippen molar-refractivity contribution >= 4 is 5.91 Å². The van der Waals surface area contributed by atoms with Crippen molar-refractivity contribution in [3.63, 3.8) is 0 Å². The van der Waals surface area contributed by atoms with Crippen molar-refractivity contribution in [2.75, 3.05) is 6.61 Å². The quantitative estimate of drug-likeness (QED) is 0.922. The lowest BCUT2D eigenvalue weighted by atomic mass is 9.96. The van der Waals surface area contributed by atoms with E-state index in [0.717, 1.165) is 11.3 Å². The number of nitrogens with zero attached hydrogens (tertiary/aromatic N) is 2. The van der Waals surface area contributed by atoms with E-state index in [1.807, 2.05) is 31.2 Å². The summed E-state index contributed by atoms with van der Waals surface area (Å²) in [6, 6.07) is 7.79. The standard InChI is InChI=1S/C15H17N3O3/c1-2-13-17-14(21-18-13)8-16-15(19)11-7-10-5-3-4-6-12(10)20-9-11/h3-6,11H,2,7-9H2,1H3,(H,16,19)/t11-/m1/s1. The predicted octanol–water partition coefficient (Wildman–Crippen LogP) is 1.50. The molecule has 6 nitrogen and oxygen atoms in total. The number of rotatable bonds is 4. The highest BCUT2D eigenvalue weighted by molar-refractivity contribution is 5.79. The lowest BCUT2D eigenvalue weighted by Crippen LogP contribution is -2.37. The third-order valence-electron chi connectivity index (χ3n) is 3.49. The van der Waals surface area contributed by atoms with Gasteiger partial charge in [0.1, 0.15) is 12.4 Å². The van der Waals surface area contributed by atoms with Crippen LogP contribution in [0.3, 0.4) is 0 Å². The molecule has 0 unspecified atom stereocenters.